The van der Waals surface area contributed by atoms with Crippen LogP contribution in [0.1, 0.15) is 5.56 Å². The molecule has 1 aliphatic heterocycles. The van der Waals surface area contributed by atoms with Crippen molar-refractivity contribution < 1.29 is 23.4 Å². The third-order valence-electron chi connectivity index (χ3n) is 2.33. The van der Waals surface area contributed by atoms with Gasteiger partial charge in [0.2, 0.25) is 9.84 Å². The van der Waals surface area contributed by atoms with E-state index in [0.717, 1.165) is 5.41 Å². The lowest BCUT2D eigenvalue weighted by Crippen LogP contribution is -2.09. The second kappa shape index (κ2) is 3.74. The molecule has 2 rings (SSSR count). The smallest absolute Gasteiger partial charge is 0.348 e. The summed E-state index contributed by atoms with van der Waals surface area (Å²) >= 11 is 0. The number of carboxylic acids is 1. The largest absolute Gasteiger partial charge is 0.507 e. The van der Waals surface area contributed by atoms with Crippen LogP contribution < -0.4 is 0 Å². The van der Waals surface area contributed by atoms with Crippen molar-refractivity contribution in [1.82, 2.24) is 0 Å². The highest BCUT2D eigenvalue weighted by atomic mass is 32.2. The highest BCUT2D eigenvalue weighted by Crippen LogP contribution is 2.35. The Kier molecular flexibility index (Phi) is 2.51. The minimum Gasteiger partial charge on any atom is -0.507 e. The first kappa shape index (κ1) is 11.4. The summed E-state index contributed by atoms with van der Waals surface area (Å²) in [7, 11) is -3.91. The van der Waals surface area contributed by atoms with Crippen molar-refractivity contribution in [3.8, 4) is 5.75 Å². The predicted molar refractivity (Wildman–Crippen MR) is 60.7 cm³/mol. The van der Waals surface area contributed by atoms with Gasteiger partial charge in [-0.1, -0.05) is 18.2 Å². The second-order valence-corrected chi connectivity index (χ2v) is 5.18. The second-order valence-electron chi connectivity index (χ2n) is 3.41. The number of benzene rings is 1. The van der Waals surface area contributed by atoms with E-state index in [-0.39, 0.29) is 16.9 Å². The summed E-state index contributed by atoms with van der Waals surface area (Å²) in [5, 5.41) is 19.3. The molecule has 6 heteroatoms. The average Bonchev–Trinajstić information content (AvgIpc) is 2.54. The Morgan fingerprint density at radius 2 is 1.82 bits per heavy atom. The van der Waals surface area contributed by atoms with Crippen molar-refractivity contribution >= 4 is 21.4 Å². The van der Waals surface area contributed by atoms with Gasteiger partial charge in [0, 0.05) is 16.5 Å². The average molecular weight is 252 g/mol. The first-order valence-electron chi connectivity index (χ1n) is 4.62. The molecule has 0 unspecified atom stereocenters. The molecule has 0 aliphatic carbocycles. The third-order valence-corrected chi connectivity index (χ3v) is 3.79. The lowest BCUT2D eigenvalue weighted by Gasteiger charge is -2.04. The first-order valence-corrected chi connectivity index (χ1v) is 6.17. The molecule has 1 aromatic carbocycles. The molecule has 1 heterocycles. The molecule has 0 atom stereocenters. The van der Waals surface area contributed by atoms with Crippen LogP contribution in [0.15, 0.2) is 40.7 Å². The van der Waals surface area contributed by atoms with Crippen LogP contribution in [-0.2, 0) is 14.6 Å². The van der Waals surface area contributed by atoms with Crippen LogP contribution in [0.5, 0.6) is 5.75 Å². The molecule has 1 aliphatic rings. The maximum atomic E-state index is 11.5. The van der Waals surface area contributed by atoms with Crippen molar-refractivity contribution in [2.75, 3.05) is 0 Å². The topological polar surface area (TPSA) is 91.7 Å². The lowest BCUT2D eigenvalue weighted by molar-refractivity contribution is -0.131. The molecular formula is C11H8O5S. The number of rotatable bonds is 2. The van der Waals surface area contributed by atoms with Crippen LogP contribution in [0.3, 0.4) is 0 Å². The van der Waals surface area contributed by atoms with Gasteiger partial charge in [0.15, 0.2) is 4.91 Å². The zero-order valence-electron chi connectivity index (χ0n) is 8.49. The van der Waals surface area contributed by atoms with Crippen LogP contribution in [0, 0.1) is 0 Å². The molecule has 1 aromatic rings. The van der Waals surface area contributed by atoms with E-state index in [0.29, 0.717) is 0 Å². The van der Waals surface area contributed by atoms with Gasteiger partial charge in [-0.25, -0.2) is 13.2 Å². The van der Waals surface area contributed by atoms with Crippen LogP contribution in [0.4, 0.5) is 0 Å². The van der Waals surface area contributed by atoms with E-state index in [1.165, 1.54) is 18.2 Å². The van der Waals surface area contributed by atoms with Gasteiger partial charge < -0.3 is 10.2 Å². The monoisotopic (exact) mass is 252 g/mol. The quantitative estimate of drug-likeness (QED) is 0.823. The number of carbonyl (C=O) groups is 1. The van der Waals surface area contributed by atoms with Crippen LogP contribution in [0.2, 0.25) is 0 Å². The Balaban J connectivity index is 2.75. The number of carboxylic acid groups (broad SMARTS) is 1. The van der Waals surface area contributed by atoms with Crippen molar-refractivity contribution in [2.45, 2.75) is 0 Å². The highest BCUT2D eigenvalue weighted by Gasteiger charge is 2.31. The predicted octanol–water partition coefficient (Wildman–Crippen LogP) is 1.13. The Labute approximate surface area is 97.2 Å². The van der Waals surface area contributed by atoms with Crippen molar-refractivity contribution in [3.63, 3.8) is 0 Å². The number of para-hydroxylation sites is 1. The first-order chi connectivity index (χ1) is 7.93. The number of sulfone groups is 1. The molecule has 0 amide bonds. The van der Waals surface area contributed by atoms with Gasteiger partial charge in [-0.15, -0.1) is 0 Å². The molecule has 0 aromatic heterocycles. The molecule has 17 heavy (non-hydrogen) atoms. The standard InChI is InChI=1S/C11H8O5S/c12-9-4-2-1-3-7(9)8-5-6-17(15,16)10(8)11(13)14/h1-6,12H,(H,13,14). The summed E-state index contributed by atoms with van der Waals surface area (Å²) in [5.74, 6) is -1.70. The van der Waals surface area contributed by atoms with Crippen LogP contribution >= 0.6 is 0 Å². The lowest BCUT2D eigenvalue weighted by atomic mass is 10.0. The fourth-order valence-electron chi connectivity index (χ4n) is 1.60. The number of allylic oxidation sites excluding steroid dienone is 2. The van der Waals surface area contributed by atoms with E-state index in [1.807, 2.05) is 0 Å². The third kappa shape index (κ3) is 1.83. The van der Waals surface area contributed by atoms with Crippen LogP contribution in [-0.4, -0.2) is 24.6 Å². The Bertz CT molecular complexity index is 652. The summed E-state index contributed by atoms with van der Waals surface area (Å²) in [4.78, 5) is 10.2. The highest BCUT2D eigenvalue weighted by molar-refractivity contribution is 7.99. The van der Waals surface area contributed by atoms with E-state index in [2.05, 4.69) is 0 Å². The molecule has 0 saturated carbocycles. The molecule has 5 nitrogen and oxygen atoms in total. The Morgan fingerprint density at radius 3 is 2.41 bits per heavy atom. The van der Waals surface area contributed by atoms with E-state index in [1.54, 1.807) is 12.1 Å². The summed E-state index contributed by atoms with van der Waals surface area (Å²) < 4.78 is 23.0. The zero-order valence-corrected chi connectivity index (χ0v) is 9.31. The fraction of sp³-hybridized carbons (Fsp3) is 0. The number of aliphatic carboxylic acids is 1. The molecule has 0 saturated heterocycles. The summed E-state index contributed by atoms with van der Waals surface area (Å²) in [6.45, 7) is 0. The number of hydrogen-bond acceptors (Lipinski definition) is 4. The molecule has 0 spiro atoms. The van der Waals surface area contributed by atoms with Gasteiger partial charge in [-0.3, -0.25) is 0 Å². The Hall–Kier alpha value is -2.08. The normalized spacial score (nSPS) is 17.4. The van der Waals surface area contributed by atoms with E-state index in [4.69, 9.17) is 5.11 Å². The minimum atomic E-state index is -3.91. The van der Waals surface area contributed by atoms with Gasteiger partial charge in [0.05, 0.1) is 0 Å². The van der Waals surface area contributed by atoms with Crippen LogP contribution in [0.25, 0.3) is 5.57 Å². The zero-order chi connectivity index (χ0) is 12.6. The summed E-state index contributed by atoms with van der Waals surface area (Å²) in [6.07, 6.45) is 1.17. The van der Waals surface area contributed by atoms with Gasteiger partial charge in [0.25, 0.3) is 0 Å². The molecule has 0 fully saturated rings. The van der Waals surface area contributed by atoms with Gasteiger partial charge >= 0.3 is 5.97 Å². The van der Waals surface area contributed by atoms with Gasteiger partial charge in [-0.2, -0.15) is 0 Å². The summed E-state index contributed by atoms with van der Waals surface area (Å²) in [5.41, 5.74) is 0.179. The molecule has 0 bridgehead atoms. The van der Waals surface area contributed by atoms with Gasteiger partial charge in [0.1, 0.15) is 5.75 Å². The maximum Gasteiger partial charge on any atom is 0.348 e. The Morgan fingerprint density at radius 1 is 1.18 bits per heavy atom. The van der Waals surface area contributed by atoms with E-state index in [9.17, 15) is 18.3 Å². The van der Waals surface area contributed by atoms with E-state index < -0.39 is 20.7 Å². The van der Waals surface area contributed by atoms with Crippen molar-refractivity contribution in [2.24, 2.45) is 0 Å². The number of phenolic OH excluding ortho intramolecular Hbond substituents is 1. The SMILES string of the molecule is O=C(O)C1=C(c2ccccc2O)C=CS1(=O)=O. The molecule has 2 N–H and O–H groups in total. The minimum absolute atomic E-state index is 0.00407. The molecule has 0 radical (unpaired) electrons. The van der Waals surface area contributed by atoms with Crippen molar-refractivity contribution in [3.05, 3.63) is 46.2 Å². The maximum absolute atomic E-state index is 11.5. The number of hydrogen-bond donors (Lipinski definition) is 2. The number of aromatic hydroxyl groups is 1. The molecule has 88 valence electrons. The number of phenols is 1. The van der Waals surface area contributed by atoms with Crippen molar-refractivity contribution in [1.29, 1.82) is 0 Å². The summed E-state index contributed by atoms with van der Waals surface area (Å²) in [6, 6.07) is 5.96. The molecular weight excluding hydrogens is 244 g/mol. The van der Waals surface area contributed by atoms with Gasteiger partial charge in [-0.05, 0) is 12.1 Å². The van der Waals surface area contributed by atoms with E-state index >= 15 is 0 Å². The fourth-order valence-corrected chi connectivity index (χ4v) is 2.78.